The van der Waals surface area contributed by atoms with Crippen LogP contribution in [-0.2, 0) is 9.84 Å². The summed E-state index contributed by atoms with van der Waals surface area (Å²) in [5, 5.41) is 3.24. The Labute approximate surface area is 113 Å². The summed E-state index contributed by atoms with van der Waals surface area (Å²) in [6.07, 6.45) is 5.93. The van der Waals surface area contributed by atoms with Crippen molar-refractivity contribution in [3.63, 3.8) is 0 Å². The molecule has 2 aliphatic rings. The van der Waals surface area contributed by atoms with Crippen LogP contribution < -0.4 is 5.32 Å². The van der Waals surface area contributed by atoms with Crippen LogP contribution in [0.5, 0.6) is 0 Å². The van der Waals surface area contributed by atoms with Crippen molar-refractivity contribution in [3.8, 4) is 0 Å². The van der Waals surface area contributed by atoms with E-state index in [2.05, 4.69) is 5.32 Å². The fourth-order valence-electron chi connectivity index (χ4n) is 2.56. The molecule has 2 aliphatic carbocycles. The number of nitrogens with one attached hydrogen (secondary N) is 1. The van der Waals surface area contributed by atoms with E-state index in [9.17, 15) is 12.8 Å². The minimum atomic E-state index is -3.29. The van der Waals surface area contributed by atoms with Gasteiger partial charge in [-0.25, -0.2) is 12.8 Å². The van der Waals surface area contributed by atoms with Crippen molar-refractivity contribution in [2.24, 2.45) is 11.8 Å². The van der Waals surface area contributed by atoms with Gasteiger partial charge in [-0.3, -0.25) is 0 Å². The average molecular weight is 283 g/mol. The van der Waals surface area contributed by atoms with Crippen molar-refractivity contribution < 1.29 is 12.8 Å². The van der Waals surface area contributed by atoms with Crippen LogP contribution in [0.2, 0.25) is 0 Å². The topological polar surface area (TPSA) is 46.2 Å². The number of benzene rings is 1. The highest BCUT2D eigenvalue weighted by molar-refractivity contribution is 7.90. The molecule has 3 nitrogen and oxygen atoms in total. The zero-order valence-corrected chi connectivity index (χ0v) is 11.7. The summed E-state index contributed by atoms with van der Waals surface area (Å²) < 4.78 is 36.9. The lowest BCUT2D eigenvalue weighted by molar-refractivity contribution is 0.557. The molecule has 5 heteroatoms. The van der Waals surface area contributed by atoms with Gasteiger partial charge in [-0.2, -0.15) is 0 Å². The van der Waals surface area contributed by atoms with Crippen molar-refractivity contribution >= 4 is 15.5 Å². The van der Waals surface area contributed by atoms with Gasteiger partial charge in [0.25, 0.3) is 0 Å². The van der Waals surface area contributed by atoms with E-state index >= 15 is 0 Å². The van der Waals surface area contributed by atoms with Crippen LogP contribution in [0.15, 0.2) is 23.1 Å². The first kappa shape index (κ1) is 12.9. The van der Waals surface area contributed by atoms with Crippen LogP contribution >= 0.6 is 0 Å². The second kappa shape index (κ2) is 4.47. The Morgan fingerprint density at radius 2 is 1.79 bits per heavy atom. The van der Waals surface area contributed by atoms with Crippen LogP contribution in [0, 0.1) is 17.7 Å². The van der Waals surface area contributed by atoms with Crippen molar-refractivity contribution in [1.29, 1.82) is 0 Å². The Morgan fingerprint density at radius 3 is 2.26 bits per heavy atom. The highest BCUT2D eigenvalue weighted by Gasteiger charge is 2.41. The standard InChI is InChI=1S/C14H18FNO2S/c1-19(17,18)11-6-7-12(15)13(8-11)16-14(9-2-3-9)10-4-5-10/h6-10,14,16H,2-5H2,1H3. The normalized spacial score (nSPS) is 19.7. The third-order valence-corrected chi connectivity index (χ3v) is 5.06. The van der Waals surface area contributed by atoms with Gasteiger partial charge < -0.3 is 5.32 Å². The van der Waals surface area contributed by atoms with Gasteiger partial charge in [0, 0.05) is 12.3 Å². The molecule has 19 heavy (non-hydrogen) atoms. The first-order valence-electron chi connectivity index (χ1n) is 6.71. The van der Waals surface area contributed by atoms with Gasteiger partial charge in [-0.1, -0.05) is 0 Å². The quantitative estimate of drug-likeness (QED) is 0.845. The molecule has 2 saturated carbocycles. The third-order valence-electron chi connectivity index (χ3n) is 3.95. The highest BCUT2D eigenvalue weighted by Crippen LogP contribution is 2.46. The molecule has 0 amide bonds. The van der Waals surface area contributed by atoms with E-state index in [-0.39, 0.29) is 10.7 Å². The second-order valence-electron chi connectivity index (χ2n) is 5.76. The monoisotopic (exact) mass is 283 g/mol. The minimum absolute atomic E-state index is 0.168. The maximum Gasteiger partial charge on any atom is 0.175 e. The SMILES string of the molecule is CS(=O)(=O)c1ccc(F)c(NC(C2CC2)C2CC2)c1. The Bertz CT molecular complexity index is 579. The first-order valence-corrected chi connectivity index (χ1v) is 8.60. The summed E-state index contributed by atoms with van der Waals surface area (Å²) in [6, 6.07) is 4.28. The summed E-state index contributed by atoms with van der Waals surface area (Å²) in [5.41, 5.74) is 0.326. The van der Waals surface area contributed by atoms with Crippen LogP contribution in [0.25, 0.3) is 0 Å². The molecule has 0 aliphatic heterocycles. The van der Waals surface area contributed by atoms with Crippen molar-refractivity contribution in [2.75, 3.05) is 11.6 Å². The number of sulfone groups is 1. The number of anilines is 1. The average Bonchev–Trinajstić information content (AvgIpc) is 3.19. The lowest BCUT2D eigenvalue weighted by Gasteiger charge is -2.20. The molecule has 104 valence electrons. The van der Waals surface area contributed by atoms with Crippen LogP contribution in [0.4, 0.5) is 10.1 Å². The molecule has 1 aromatic rings. The Morgan fingerprint density at radius 1 is 1.21 bits per heavy atom. The first-order chi connectivity index (χ1) is 8.95. The van der Waals surface area contributed by atoms with E-state index in [0.717, 1.165) is 6.26 Å². The molecule has 0 unspecified atom stereocenters. The van der Waals surface area contributed by atoms with Crippen molar-refractivity contribution in [3.05, 3.63) is 24.0 Å². The van der Waals surface area contributed by atoms with Gasteiger partial charge >= 0.3 is 0 Å². The van der Waals surface area contributed by atoms with Crippen LogP contribution in [-0.4, -0.2) is 20.7 Å². The minimum Gasteiger partial charge on any atom is -0.379 e. The van der Waals surface area contributed by atoms with Crippen LogP contribution in [0.1, 0.15) is 25.7 Å². The predicted octanol–water partition coefficient (Wildman–Crippen LogP) is 2.83. The number of rotatable bonds is 5. The molecule has 0 saturated heterocycles. The summed E-state index contributed by atoms with van der Waals surface area (Å²) in [7, 11) is -3.29. The molecule has 0 heterocycles. The van der Waals surface area contributed by atoms with Gasteiger partial charge in [0.2, 0.25) is 0 Å². The molecule has 0 aromatic heterocycles. The van der Waals surface area contributed by atoms with Gasteiger partial charge in [0.15, 0.2) is 9.84 Å². The maximum absolute atomic E-state index is 13.8. The number of hydrogen-bond acceptors (Lipinski definition) is 3. The molecule has 1 N–H and O–H groups in total. The van der Waals surface area contributed by atoms with Gasteiger partial charge in [0.05, 0.1) is 10.6 Å². The highest BCUT2D eigenvalue weighted by atomic mass is 32.2. The fourth-order valence-corrected chi connectivity index (χ4v) is 3.20. The van der Waals surface area contributed by atoms with E-state index < -0.39 is 9.84 Å². The van der Waals surface area contributed by atoms with Gasteiger partial charge in [-0.15, -0.1) is 0 Å². The predicted molar refractivity (Wildman–Crippen MR) is 72.4 cm³/mol. The smallest absolute Gasteiger partial charge is 0.175 e. The van der Waals surface area contributed by atoms with Crippen LogP contribution in [0.3, 0.4) is 0 Å². The molecule has 0 spiro atoms. The van der Waals surface area contributed by atoms with E-state index in [4.69, 9.17) is 0 Å². The molecule has 1 aromatic carbocycles. The zero-order chi connectivity index (χ0) is 13.6. The summed E-state index contributed by atoms with van der Waals surface area (Å²) in [6.45, 7) is 0. The lowest BCUT2D eigenvalue weighted by Crippen LogP contribution is -2.25. The summed E-state index contributed by atoms with van der Waals surface area (Å²) >= 11 is 0. The largest absolute Gasteiger partial charge is 0.379 e. The lowest BCUT2D eigenvalue weighted by atomic mass is 10.1. The molecular weight excluding hydrogens is 265 g/mol. The third kappa shape index (κ3) is 2.91. The second-order valence-corrected chi connectivity index (χ2v) is 7.77. The molecule has 0 atom stereocenters. The van der Waals surface area contributed by atoms with Gasteiger partial charge in [-0.05, 0) is 55.7 Å². The summed E-state index contributed by atoms with van der Waals surface area (Å²) in [5.74, 6) is 0.890. The summed E-state index contributed by atoms with van der Waals surface area (Å²) in [4.78, 5) is 0.168. The van der Waals surface area contributed by atoms with E-state index in [1.807, 2.05) is 0 Å². The van der Waals surface area contributed by atoms with Gasteiger partial charge in [0.1, 0.15) is 5.82 Å². The molecule has 0 radical (unpaired) electrons. The van der Waals surface area contributed by atoms with E-state index in [0.29, 0.717) is 23.6 Å². The molecular formula is C14H18FNO2S. The molecule has 0 bridgehead atoms. The number of hydrogen-bond donors (Lipinski definition) is 1. The number of halogens is 1. The fraction of sp³-hybridized carbons (Fsp3) is 0.571. The Hall–Kier alpha value is -1.10. The van der Waals surface area contributed by atoms with E-state index in [1.165, 1.54) is 43.9 Å². The van der Waals surface area contributed by atoms with Crippen molar-refractivity contribution in [2.45, 2.75) is 36.6 Å². The maximum atomic E-state index is 13.8. The molecule has 3 rings (SSSR count). The zero-order valence-electron chi connectivity index (χ0n) is 10.9. The Kier molecular flexibility index (Phi) is 3.04. The van der Waals surface area contributed by atoms with E-state index in [1.54, 1.807) is 0 Å². The Balaban J connectivity index is 1.86. The van der Waals surface area contributed by atoms with Crippen molar-refractivity contribution in [1.82, 2.24) is 0 Å². The molecule has 2 fully saturated rings.